The molecule has 2 rings (SSSR count). The fraction of sp³-hybridized carbons (Fsp3) is 0.333. The lowest BCUT2D eigenvalue weighted by atomic mass is 9.93. The third-order valence-electron chi connectivity index (χ3n) is 3.25. The molecule has 102 valence electrons. The van der Waals surface area contributed by atoms with Crippen LogP contribution in [0.5, 0.6) is 0 Å². The van der Waals surface area contributed by atoms with Crippen LogP contribution < -0.4 is 5.32 Å². The maximum absolute atomic E-state index is 9.79. The van der Waals surface area contributed by atoms with Crippen molar-refractivity contribution < 1.29 is 9.52 Å². The van der Waals surface area contributed by atoms with Gasteiger partial charge in [0.2, 0.25) is 0 Å². The Kier molecular flexibility index (Phi) is 5.07. The van der Waals surface area contributed by atoms with Crippen molar-refractivity contribution >= 4 is 11.8 Å². The number of aliphatic hydroxyl groups excluding tert-OH is 1. The van der Waals surface area contributed by atoms with Gasteiger partial charge in [0.15, 0.2) is 0 Å². The van der Waals surface area contributed by atoms with Crippen molar-refractivity contribution in [2.45, 2.75) is 11.3 Å². The third-order valence-corrected chi connectivity index (χ3v) is 4.43. The van der Waals surface area contributed by atoms with Gasteiger partial charge >= 0.3 is 0 Å². The molecule has 1 aromatic heterocycles. The Labute approximate surface area is 118 Å². The lowest BCUT2D eigenvalue weighted by Crippen LogP contribution is -2.45. The largest absolute Gasteiger partial charge is 0.468 e. The highest BCUT2D eigenvalue weighted by molar-refractivity contribution is 7.98. The summed E-state index contributed by atoms with van der Waals surface area (Å²) in [7, 11) is 1.89. The van der Waals surface area contributed by atoms with E-state index in [0.717, 1.165) is 22.8 Å². The molecular formula is C15H19NO2S. The van der Waals surface area contributed by atoms with Gasteiger partial charge in [-0.2, -0.15) is 11.8 Å². The van der Waals surface area contributed by atoms with E-state index in [1.165, 1.54) is 0 Å². The Morgan fingerprint density at radius 1 is 1.21 bits per heavy atom. The molecule has 0 fully saturated rings. The van der Waals surface area contributed by atoms with Crippen LogP contribution in [0, 0.1) is 0 Å². The number of rotatable bonds is 7. The summed E-state index contributed by atoms with van der Waals surface area (Å²) in [5, 5.41) is 13.0. The summed E-state index contributed by atoms with van der Waals surface area (Å²) >= 11 is 1.75. The van der Waals surface area contributed by atoms with Gasteiger partial charge in [0.1, 0.15) is 5.76 Å². The van der Waals surface area contributed by atoms with E-state index in [4.69, 9.17) is 4.42 Å². The molecule has 0 saturated carbocycles. The van der Waals surface area contributed by atoms with E-state index in [-0.39, 0.29) is 6.61 Å². The minimum atomic E-state index is -0.404. The fourth-order valence-electron chi connectivity index (χ4n) is 1.99. The molecule has 1 atom stereocenters. The van der Waals surface area contributed by atoms with E-state index in [9.17, 15) is 5.11 Å². The molecule has 4 heteroatoms. The van der Waals surface area contributed by atoms with Crippen LogP contribution >= 0.6 is 11.8 Å². The highest BCUT2D eigenvalue weighted by atomic mass is 32.2. The van der Waals surface area contributed by atoms with Gasteiger partial charge in [-0.3, -0.25) is 0 Å². The maximum Gasteiger partial charge on any atom is 0.113 e. The van der Waals surface area contributed by atoms with Gasteiger partial charge in [-0.25, -0.2) is 0 Å². The molecule has 0 bridgehead atoms. The molecule has 2 aromatic rings. The molecular weight excluding hydrogens is 258 g/mol. The molecule has 0 saturated heterocycles. The lowest BCUT2D eigenvalue weighted by Gasteiger charge is -2.31. The van der Waals surface area contributed by atoms with E-state index in [1.807, 2.05) is 49.5 Å². The average Bonchev–Trinajstić information content (AvgIpc) is 2.98. The zero-order chi connectivity index (χ0) is 13.6. The summed E-state index contributed by atoms with van der Waals surface area (Å²) in [6, 6.07) is 13.9. The first kappa shape index (κ1) is 14.2. The van der Waals surface area contributed by atoms with Crippen molar-refractivity contribution in [3.63, 3.8) is 0 Å². The van der Waals surface area contributed by atoms with Gasteiger partial charge in [-0.05, 0) is 24.7 Å². The fourth-order valence-corrected chi connectivity index (χ4v) is 3.21. The normalized spacial score (nSPS) is 14.2. The maximum atomic E-state index is 9.79. The Bertz CT molecular complexity index is 466. The highest BCUT2D eigenvalue weighted by Crippen LogP contribution is 2.27. The SMILES string of the molecule is CNC(CO)(CSCc1ccco1)c1ccccc1. The predicted octanol–water partition coefficient (Wildman–Crippen LogP) is 2.62. The highest BCUT2D eigenvalue weighted by Gasteiger charge is 2.29. The van der Waals surface area contributed by atoms with Crippen molar-refractivity contribution in [1.82, 2.24) is 5.32 Å². The van der Waals surface area contributed by atoms with E-state index < -0.39 is 5.54 Å². The third kappa shape index (κ3) is 3.41. The molecule has 0 spiro atoms. The second kappa shape index (κ2) is 6.80. The number of benzene rings is 1. The molecule has 0 radical (unpaired) electrons. The first-order chi connectivity index (χ1) is 9.30. The number of likely N-dealkylation sites (N-methyl/N-ethyl adjacent to an activating group) is 1. The summed E-state index contributed by atoms with van der Waals surface area (Å²) in [6.45, 7) is 0.0681. The lowest BCUT2D eigenvalue weighted by molar-refractivity contribution is 0.187. The Morgan fingerprint density at radius 3 is 2.58 bits per heavy atom. The van der Waals surface area contributed by atoms with E-state index in [2.05, 4.69) is 5.32 Å². The molecule has 1 heterocycles. The molecule has 0 aliphatic rings. The quantitative estimate of drug-likeness (QED) is 0.816. The van der Waals surface area contributed by atoms with E-state index >= 15 is 0 Å². The van der Waals surface area contributed by atoms with Crippen LogP contribution in [0.15, 0.2) is 53.1 Å². The molecule has 0 amide bonds. The van der Waals surface area contributed by atoms with Crippen LogP contribution in [-0.4, -0.2) is 24.5 Å². The van der Waals surface area contributed by atoms with Crippen molar-refractivity contribution in [1.29, 1.82) is 0 Å². The summed E-state index contributed by atoms with van der Waals surface area (Å²) in [6.07, 6.45) is 1.68. The molecule has 3 nitrogen and oxygen atoms in total. The Hall–Kier alpha value is -1.23. The van der Waals surface area contributed by atoms with Gasteiger partial charge in [-0.15, -0.1) is 0 Å². The minimum absolute atomic E-state index is 0.0681. The molecule has 1 unspecified atom stereocenters. The van der Waals surface area contributed by atoms with Crippen molar-refractivity contribution in [2.24, 2.45) is 0 Å². The van der Waals surface area contributed by atoms with Crippen LogP contribution in [0.4, 0.5) is 0 Å². The molecule has 1 aromatic carbocycles. The number of furan rings is 1. The van der Waals surface area contributed by atoms with Gasteiger partial charge < -0.3 is 14.8 Å². The number of hydrogen-bond donors (Lipinski definition) is 2. The van der Waals surface area contributed by atoms with Crippen molar-refractivity contribution in [3.8, 4) is 0 Å². The molecule has 19 heavy (non-hydrogen) atoms. The van der Waals surface area contributed by atoms with Crippen LogP contribution in [-0.2, 0) is 11.3 Å². The van der Waals surface area contributed by atoms with Crippen LogP contribution in [0.1, 0.15) is 11.3 Å². The van der Waals surface area contributed by atoms with Gasteiger partial charge in [-0.1, -0.05) is 30.3 Å². The predicted molar refractivity (Wildman–Crippen MR) is 79.1 cm³/mol. The van der Waals surface area contributed by atoms with E-state index in [0.29, 0.717) is 0 Å². The molecule has 2 N–H and O–H groups in total. The molecule has 0 aliphatic carbocycles. The number of aliphatic hydroxyl groups is 1. The summed E-state index contributed by atoms with van der Waals surface area (Å²) < 4.78 is 5.32. The minimum Gasteiger partial charge on any atom is -0.468 e. The summed E-state index contributed by atoms with van der Waals surface area (Å²) in [4.78, 5) is 0. The van der Waals surface area contributed by atoms with Crippen molar-refractivity contribution in [2.75, 3.05) is 19.4 Å². The van der Waals surface area contributed by atoms with Crippen LogP contribution in [0.25, 0.3) is 0 Å². The van der Waals surface area contributed by atoms with Crippen molar-refractivity contribution in [3.05, 3.63) is 60.1 Å². The molecule has 0 aliphatic heterocycles. The zero-order valence-corrected chi connectivity index (χ0v) is 11.8. The Balaban J connectivity index is 2.03. The second-order valence-corrected chi connectivity index (χ2v) is 5.41. The summed E-state index contributed by atoms with van der Waals surface area (Å²) in [5.74, 6) is 2.55. The van der Waals surface area contributed by atoms with E-state index in [1.54, 1.807) is 18.0 Å². The standard InChI is InChI=1S/C15H19NO2S/c1-16-15(11-17,13-6-3-2-4-7-13)12-19-10-14-8-5-9-18-14/h2-9,16-17H,10-12H2,1H3. The van der Waals surface area contributed by atoms with Crippen LogP contribution in [0.2, 0.25) is 0 Å². The average molecular weight is 277 g/mol. The van der Waals surface area contributed by atoms with Gasteiger partial charge in [0, 0.05) is 5.75 Å². The van der Waals surface area contributed by atoms with Crippen LogP contribution in [0.3, 0.4) is 0 Å². The topological polar surface area (TPSA) is 45.4 Å². The summed E-state index contributed by atoms with van der Waals surface area (Å²) in [5.41, 5.74) is 0.699. The van der Waals surface area contributed by atoms with Gasteiger partial charge in [0.25, 0.3) is 0 Å². The first-order valence-corrected chi connectivity index (χ1v) is 7.41. The number of hydrogen-bond acceptors (Lipinski definition) is 4. The van der Waals surface area contributed by atoms with Gasteiger partial charge in [0.05, 0.1) is 24.2 Å². The second-order valence-electron chi connectivity index (χ2n) is 4.43. The zero-order valence-electron chi connectivity index (χ0n) is 11.0. The first-order valence-electron chi connectivity index (χ1n) is 6.26. The number of thioether (sulfide) groups is 1. The Morgan fingerprint density at radius 2 is 2.00 bits per heavy atom. The number of nitrogens with one attached hydrogen (secondary N) is 1. The smallest absolute Gasteiger partial charge is 0.113 e. The monoisotopic (exact) mass is 277 g/mol.